The van der Waals surface area contributed by atoms with Gasteiger partial charge in [0.15, 0.2) is 11.6 Å². The van der Waals surface area contributed by atoms with E-state index in [2.05, 4.69) is 37.4 Å². The van der Waals surface area contributed by atoms with Gasteiger partial charge in [-0.15, -0.1) is 22.0 Å². The first-order valence-corrected chi connectivity index (χ1v) is 12.5. The monoisotopic (exact) mass is 466 g/mol. The first-order valence-electron chi connectivity index (χ1n) is 11.2. The number of thioether (sulfide) groups is 1. The Kier molecular flexibility index (Phi) is 6.16. The molecular weight excluding hydrogens is 439 g/mol. The fourth-order valence-corrected chi connectivity index (χ4v) is 5.33. The third kappa shape index (κ3) is 4.52. The van der Waals surface area contributed by atoms with E-state index in [1.54, 1.807) is 24.4 Å². The lowest BCUT2D eigenvalue weighted by atomic mass is 9.83. The van der Waals surface area contributed by atoms with E-state index in [0.29, 0.717) is 45.7 Å². The average molecular weight is 467 g/mol. The SMILES string of the molecule is CSc1cc(-c2ccc(-c3ncc(N(C)[C@@H]4C[C@H]5CCC[C@@H](C4)N5)nn3)c(O)c2)c(F)cn1. The molecule has 1 aromatic carbocycles. The summed E-state index contributed by atoms with van der Waals surface area (Å²) in [5.41, 5.74) is 1.41. The number of benzene rings is 1. The minimum Gasteiger partial charge on any atom is -0.507 e. The molecule has 2 aliphatic rings. The number of aromatic nitrogens is 4. The lowest BCUT2D eigenvalue weighted by Crippen LogP contribution is -2.54. The number of hydrogen-bond donors (Lipinski definition) is 2. The van der Waals surface area contributed by atoms with E-state index in [9.17, 15) is 9.50 Å². The number of rotatable bonds is 5. The van der Waals surface area contributed by atoms with Crippen molar-refractivity contribution in [1.82, 2.24) is 25.5 Å². The molecule has 0 radical (unpaired) electrons. The van der Waals surface area contributed by atoms with Crippen LogP contribution in [0.2, 0.25) is 0 Å². The Morgan fingerprint density at radius 3 is 2.52 bits per heavy atom. The minimum atomic E-state index is -0.438. The smallest absolute Gasteiger partial charge is 0.185 e. The molecule has 2 N–H and O–H groups in total. The van der Waals surface area contributed by atoms with Crippen molar-refractivity contribution in [2.45, 2.75) is 55.3 Å². The third-order valence-corrected chi connectivity index (χ3v) is 7.38. The fraction of sp³-hybridized carbons (Fsp3) is 0.417. The molecule has 7 nitrogen and oxygen atoms in total. The van der Waals surface area contributed by atoms with E-state index < -0.39 is 5.82 Å². The van der Waals surface area contributed by atoms with Crippen LogP contribution in [0.1, 0.15) is 32.1 Å². The van der Waals surface area contributed by atoms with Crippen LogP contribution in [0.15, 0.2) is 41.7 Å². The molecular formula is C24H27FN6OS. The summed E-state index contributed by atoms with van der Waals surface area (Å²) in [6.07, 6.45) is 10.8. The second kappa shape index (κ2) is 9.23. The summed E-state index contributed by atoms with van der Waals surface area (Å²) in [4.78, 5) is 10.7. The van der Waals surface area contributed by atoms with Crippen LogP contribution in [-0.4, -0.2) is 56.7 Å². The number of aromatic hydroxyl groups is 1. The van der Waals surface area contributed by atoms with Gasteiger partial charge in [0.2, 0.25) is 0 Å². The normalized spacial score (nSPS) is 22.2. The highest BCUT2D eigenvalue weighted by Gasteiger charge is 2.33. The molecule has 9 heteroatoms. The van der Waals surface area contributed by atoms with Crippen LogP contribution in [0, 0.1) is 5.82 Å². The number of hydrogen-bond acceptors (Lipinski definition) is 8. The summed E-state index contributed by atoms with van der Waals surface area (Å²) >= 11 is 1.43. The standard InChI is InChI=1S/C24H27FN6OS/c1-31(17-9-15-4-3-5-16(10-17)28-15)22-13-27-24(30-29-22)18-7-6-14(8-21(18)32)19-11-23(33-2)26-12-20(19)25/h6-8,11-13,15-17,28,32H,3-5,9-10H2,1-2H3/t15-,16+,17-. The average Bonchev–Trinajstić information content (AvgIpc) is 2.84. The van der Waals surface area contributed by atoms with Crippen molar-refractivity contribution in [2.24, 2.45) is 0 Å². The van der Waals surface area contributed by atoms with Gasteiger partial charge < -0.3 is 15.3 Å². The second-order valence-corrected chi connectivity index (χ2v) is 9.63. The minimum absolute atomic E-state index is 0.0245. The summed E-state index contributed by atoms with van der Waals surface area (Å²) in [6.45, 7) is 0. The van der Waals surface area contributed by atoms with E-state index in [-0.39, 0.29) is 5.75 Å². The number of phenolic OH excluding ortho intramolecular Hbond substituents is 1. The van der Waals surface area contributed by atoms with Crippen LogP contribution >= 0.6 is 11.8 Å². The molecule has 5 rings (SSSR count). The fourth-order valence-electron chi connectivity index (χ4n) is 4.93. The van der Waals surface area contributed by atoms with Crippen LogP contribution in [0.5, 0.6) is 5.75 Å². The maximum absolute atomic E-state index is 14.3. The Morgan fingerprint density at radius 1 is 1.06 bits per heavy atom. The van der Waals surface area contributed by atoms with Crippen LogP contribution in [-0.2, 0) is 0 Å². The molecule has 3 atom stereocenters. The molecule has 0 saturated carbocycles. The van der Waals surface area contributed by atoms with Gasteiger partial charge in [-0.2, -0.15) is 0 Å². The van der Waals surface area contributed by atoms with E-state index in [1.807, 2.05) is 6.26 Å². The van der Waals surface area contributed by atoms with E-state index >= 15 is 0 Å². The summed E-state index contributed by atoms with van der Waals surface area (Å²) in [6, 6.07) is 8.21. The first kappa shape index (κ1) is 22.0. The maximum atomic E-state index is 14.3. The van der Waals surface area contributed by atoms with Gasteiger partial charge in [0.1, 0.15) is 11.6 Å². The van der Waals surface area contributed by atoms with Crippen molar-refractivity contribution in [3.63, 3.8) is 0 Å². The topological polar surface area (TPSA) is 87.1 Å². The Balaban J connectivity index is 1.35. The summed E-state index contributed by atoms with van der Waals surface area (Å²) < 4.78 is 14.3. The Morgan fingerprint density at radius 2 is 1.85 bits per heavy atom. The molecule has 2 fully saturated rings. The van der Waals surface area contributed by atoms with Gasteiger partial charge in [0.25, 0.3) is 0 Å². The van der Waals surface area contributed by atoms with Crippen molar-refractivity contribution >= 4 is 17.6 Å². The lowest BCUT2D eigenvalue weighted by Gasteiger charge is -2.43. The van der Waals surface area contributed by atoms with Crippen molar-refractivity contribution < 1.29 is 9.50 Å². The number of halogens is 1. The largest absolute Gasteiger partial charge is 0.507 e. The van der Waals surface area contributed by atoms with Gasteiger partial charge in [0.05, 0.1) is 23.0 Å². The number of nitrogens with zero attached hydrogens (tertiary/aromatic N) is 5. The zero-order valence-electron chi connectivity index (χ0n) is 18.7. The van der Waals surface area contributed by atoms with Gasteiger partial charge in [0, 0.05) is 30.7 Å². The number of nitrogens with one attached hydrogen (secondary N) is 1. The molecule has 2 bridgehead atoms. The predicted octanol–water partition coefficient (Wildman–Crippen LogP) is 4.28. The van der Waals surface area contributed by atoms with Gasteiger partial charge in [-0.1, -0.05) is 12.5 Å². The lowest BCUT2D eigenvalue weighted by molar-refractivity contribution is 0.219. The molecule has 4 heterocycles. The van der Waals surface area contributed by atoms with Crippen LogP contribution in [0.3, 0.4) is 0 Å². The molecule has 0 spiro atoms. The van der Waals surface area contributed by atoms with Crippen molar-refractivity contribution in [3.8, 4) is 28.3 Å². The number of pyridine rings is 1. The van der Waals surface area contributed by atoms with Crippen LogP contribution < -0.4 is 10.2 Å². The molecule has 0 unspecified atom stereocenters. The Labute approximate surface area is 196 Å². The highest BCUT2D eigenvalue weighted by Crippen LogP contribution is 2.34. The Hall–Kier alpha value is -2.78. The van der Waals surface area contributed by atoms with E-state index in [0.717, 1.165) is 18.7 Å². The van der Waals surface area contributed by atoms with Crippen molar-refractivity contribution in [3.05, 3.63) is 42.5 Å². The van der Waals surface area contributed by atoms with Crippen molar-refractivity contribution in [1.29, 1.82) is 0 Å². The molecule has 172 valence electrons. The summed E-state index contributed by atoms with van der Waals surface area (Å²) in [5, 5.41) is 23.7. The molecule has 0 amide bonds. The van der Waals surface area contributed by atoms with Gasteiger partial charge in [-0.3, -0.25) is 0 Å². The molecule has 2 saturated heterocycles. The quantitative estimate of drug-likeness (QED) is 0.539. The predicted molar refractivity (Wildman–Crippen MR) is 128 cm³/mol. The van der Waals surface area contributed by atoms with Crippen molar-refractivity contribution in [2.75, 3.05) is 18.2 Å². The first-order chi connectivity index (χ1) is 16.0. The number of phenols is 1. The number of anilines is 1. The van der Waals surface area contributed by atoms with Gasteiger partial charge in [-0.25, -0.2) is 14.4 Å². The Bertz CT molecular complexity index is 1130. The zero-order chi connectivity index (χ0) is 22.9. The third-order valence-electron chi connectivity index (χ3n) is 6.74. The van der Waals surface area contributed by atoms with Crippen LogP contribution in [0.4, 0.5) is 10.2 Å². The highest BCUT2D eigenvalue weighted by atomic mass is 32.2. The van der Waals surface area contributed by atoms with Crippen LogP contribution in [0.25, 0.3) is 22.5 Å². The number of piperidine rings is 2. The summed E-state index contributed by atoms with van der Waals surface area (Å²) in [5.74, 6) is 0.595. The molecule has 2 aromatic heterocycles. The van der Waals surface area contributed by atoms with Gasteiger partial charge >= 0.3 is 0 Å². The van der Waals surface area contributed by atoms with Gasteiger partial charge in [-0.05, 0) is 55.7 Å². The highest BCUT2D eigenvalue weighted by molar-refractivity contribution is 7.98. The molecule has 33 heavy (non-hydrogen) atoms. The molecule has 3 aromatic rings. The second-order valence-electron chi connectivity index (χ2n) is 8.81. The molecule has 2 aliphatic heterocycles. The van der Waals surface area contributed by atoms with E-state index in [1.165, 1.54) is 43.3 Å². The maximum Gasteiger partial charge on any atom is 0.185 e. The molecule has 0 aliphatic carbocycles. The van der Waals surface area contributed by atoms with E-state index in [4.69, 9.17) is 0 Å². The number of fused-ring (bicyclic) bond motifs is 2. The zero-order valence-corrected chi connectivity index (χ0v) is 19.5. The summed E-state index contributed by atoms with van der Waals surface area (Å²) in [7, 11) is 2.05.